The molecule has 4 rings (SSSR count). The van der Waals surface area contributed by atoms with E-state index < -0.39 is 0 Å². The molecule has 0 saturated heterocycles. The van der Waals surface area contributed by atoms with Crippen molar-refractivity contribution in [1.82, 2.24) is 39.9 Å². The van der Waals surface area contributed by atoms with Crippen molar-refractivity contribution in [2.75, 3.05) is 6.54 Å². The minimum Gasteiger partial charge on any atom is -0.333 e. The summed E-state index contributed by atoms with van der Waals surface area (Å²) < 4.78 is 14.9. The Bertz CT molecular complexity index is 1200. The highest BCUT2D eigenvalue weighted by Gasteiger charge is 2.25. The first-order valence-corrected chi connectivity index (χ1v) is 10.3. The second-order valence-corrected chi connectivity index (χ2v) is 7.41. The number of pyridine rings is 1. The van der Waals surface area contributed by atoms with E-state index in [1.807, 2.05) is 26.8 Å². The zero-order chi connectivity index (χ0) is 22.7. The molecular weight excluding hydrogens is 411 g/mol. The minimum absolute atomic E-state index is 0.184. The Kier molecular flexibility index (Phi) is 6.02. The number of carbonyl (C=O) groups excluding carboxylic acids is 1. The zero-order valence-corrected chi connectivity index (χ0v) is 18.1. The molecule has 32 heavy (non-hydrogen) atoms. The summed E-state index contributed by atoms with van der Waals surface area (Å²) in [7, 11) is 0. The predicted molar refractivity (Wildman–Crippen MR) is 115 cm³/mol. The van der Waals surface area contributed by atoms with Crippen molar-refractivity contribution in [3.63, 3.8) is 0 Å². The SMILES string of the molecule is CCN(C(=O)c1nc(C)ccc1-n1nccn1)[C@@H](C)Cn1cc(-c2ccc(F)cc2)nn1. The largest absolute Gasteiger partial charge is 0.333 e. The third-order valence-electron chi connectivity index (χ3n) is 5.11. The number of carbonyl (C=O) groups is 1. The van der Waals surface area contributed by atoms with Gasteiger partial charge in [-0.05, 0) is 57.2 Å². The van der Waals surface area contributed by atoms with Crippen molar-refractivity contribution >= 4 is 5.91 Å². The van der Waals surface area contributed by atoms with Crippen LogP contribution < -0.4 is 0 Å². The number of rotatable bonds is 7. The van der Waals surface area contributed by atoms with Crippen molar-refractivity contribution in [3.05, 3.63) is 72.2 Å². The second kappa shape index (κ2) is 9.04. The molecule has 0 saturated carbocycles. The van der Waals surface area contributed by atoms with Gasteiger partial charge in [-0.3, -0.25) is 4.79 Å². The molecule has 10 heteroatoms. The average molecular weight is 434 g/mol. The third kappa shape index (κ3) is 4.39. The van der Waals surface area contributed by atoms with Gasteiger partial charge in [-0.2, -0.15) is 10.2 Å². The van der Waals surface area contributed by atoms with Crippen LogP contribution in [0.15, 0.2) is 55.0 Å². The van der Waals surface area contributed by atoms with E-state index in [0.717, 1.165) is 11.3 Å². The second-order valence-electron chi connectivity index (χ2n) is 7.41. The lowest BCUT2D eigenvalue weighted by molar-refractivity contribution is 0.0678. The standard InChI is InChI=1S/C22H23FN8O/c1-4-30(22(32)21-20(10-5-15(2)26-21)31-24-11-12-25-31)16(3)13-29-14-19(27-28-29)17-6-8-18(23)9-7-17/h5-12,14,16H,4,13H2,1-3H3/t16-/m0/s1. The fourth-order valence-electron chi connectivity index (χ4n) is 3.51. The number of likely N-dealkylation sites (N-methyl/N-ethyl adjacent to an activating group) is 1. The van der Waals surface area contributed by atoms with Crippen LogP contribution in [-0.2, 0) is 6.54 Å². The Hall–Kier alpha value is -3.95. The van der Waals surface area contributed by atoms with Crippen molar-refractivity contribution in [2.24, 2.45) is 0 Å². The molecule has 0 aliphatic heterocycles. The summed E-state index contributed by atoms with van der Waals surface area (Å²) in [5, 5.41) is 16.6. The van der Waals surface area contributed by atoms with Gasteiger partial charge in [0.1, 0.15) is 17.2 Å². The number of nitrogens with zero attached hydrogens (tertiary/aromatic N) is 8. The first kappa shape index (κ1) is 21.3. The summed E-state index contributed by atoms with van der Waals surface area (Å²) in [4.78, 5) is 21.1. The minimum atomic E-state index is -0.304. The van der Waals surface area contributed by atoms with E-state index in [9.17, 15) is 9.18 Å². The lowest BCUT2D eigenvalue weighted by Gasteiger charge is -2.28. The first-order chi connectivity index (χ1) is 15.5. The van der Waals surface area contributed by atoms with Gasteiger partial charge in [0.2, 0.25) is 0 Å². The van der Waals surface area contributed by atoms with Crippen LogP contribution in [0.3, 0.4) is 0 Å². The number of aryl methyl sites for hydroxylation is 1. The lowest BCUT2D eigenvalue weighted by Crippen LogP contribution is -2.41. The van der Waals surface area contributed by atoms with Gasteiger partial charge in [-0.15, -0.1) is 9.90 Å². The summed E-state index contributed by atoms with van der Waals surface area (Å²) in [6, 6.07) is 9.51. The summed E-state index contributed by atoms with van der Waals surface area (Å²) in [5.41, 5.74) is 2.96. The fourth-order valence-corrected chi connectivity index (χ4v) is 3.51. The molecule has 3 heterocycles. The summed E-state index contributed by atoms with van der Waals surface area (Å²) in [6.07, 6.45) is 4.89. The number of benzene rings is 1. The summed E-state index contributed by atoms with van der Waals surface area (Å²) in [6.45, 7) is 6.63. The van der Waals surface area contributed by atoms with Crippen LogP contribution >= 0.6 is 0 Å². The molecule has 0 spiro atoms. The number of amides is 1. The number of aromatic nitrogens is 7. The highest BCUT2D eigenvalue weighted by atomic mass is 19.1. The molecule has 0 bridgehead atoms. The van der Waals surface area contributed by atoms with E-state index in [0.29, 0.717) is 30.2 Å². The van der Waals surface area contributed by atoms with Crippen LogP contribution in [-0.4, -0.2) is 58.4 Å². The number of hydrogen-bond donors (Lipinski definition) is 0. The molecule has 0 aliphatic carbocycles. The van der Waals surface area contributed by atoms with Gasteiger partial charge in [0.15, 0.2) is 5.69 Å². The molecule has 1 amide bonds. The maximum absolute atomic E-state index is 13.4. The average Bonchev–Trinajstić information content (AvgIpc) is 3.47. The predicted octanol–water partition coefficient (Wildman–Crippen LogP) is 2.92. The fraction of sp³-hybridized carbons (Fsp3) is 0.273. The molecule has 0 fully saturated rings. The molecular formula is C22H23FN8O. The summed E-state index contributed by atoms with van der Waals surface area (Å²) in [5.74, 6) is -0.517. The van der Waals surface area contributed by atoms with E-state index in [4.69, 9.17) is 0 Å². The monoisotopic (exact) mass is 434 g/mol. The van der Waals surface area contributed by atoms with Gasteiger partial charge >= 0.3 is 0 Å². The number of hydrogen-bond acceptors (Lipinski definition) is 6. The maximum atomic E-state index is 13.4. The third-order valence-corrected chi connectivity index (χ3v) is 5.11. The summed E-state index contributed by atoms with van der Waals surface area (Å²) >= 11 is 0. The quantitative estimate of drug-likeness (QED) is 0.444. The molecule has 0 N–H and O–H groups in total. The molecule has 0 aliphatic rings. The molecule has 0 radical (unpaired) electrons. The van der Waals surface area contributed by atoms with Gasteiger partial charge in [0, 0.05) is 23.8 Å². The molecule has 0 unspecified atom stereocenters. The van der Waals surface area contributed by atoms with Crippen molar-refractivity contribution in [3.8, 4) is 16.9 Å². The van der Waals surface area contributed by atoms with Crippen molar-refractivity contribution in [1.29, 1.82) is 0 Å². The van der Waals surface area contributed by atoms with E-state index in [1.165, 1.54) is 16.9 Å². The molecule has 1 aromatic carbocycles. The van der Waals surface area contributed by atoms with Crippen LogP contribution in [0.1, 0.15) is 30.0 Å². The van der Waals surface area contributed by atoms with Crippen LogP contribution in [0.4, 0.5) is 4.39 Å². The van der Waals surface area contributed by atoms with Gasteiger partial charge in [-0.25, -0.2) is 14.1 Å². The smallest absolute Gasteiger partial charge is 0.275 e. The molecule has 4 aromatic rings. The molecule has 164 valence electrons. The Morgan fingerprint density at radius 1 is 1.12 bits per heavy atom. The Labute approximate surface area is 184 Å². The Morgan fingerprint density at radius 2 is 1.84 bits per heavy atom. The maximum Gasteiger partial charge on any atom is 0.275 e. The van der Waals surface area contributed by atoms with Crippen LogP contribution in [0.5, 0.6) is 0 Å². The van der Waals surface area contributed by atoms with Gasteiger partial charge in [0.05, 0.1) is 25.1 Å². The normalized spacial score (nSPS) is 12.0. The van der Waals surface area contributed by atoms with E-state index in [-0.39, 0.29) is 17.8 Å². The van der Waals surface area contributed by atoms with Gasteiger partial charge in [-0.1, -0.05) is 5.21 Å². The van der Waals surface area contributed by atoms with Crippen molar-refractivity contribution in [2.45, 2.75) is 33.4 Å². The highest BCUT2D eigenvalue weighted by molar-refractivity contribution is 5.96. The molecule has 1 atom stereocenters. The molecule has 9 nitrogen and oxygen atoms in total. The van der Waals surface area contributed by atoms with Crippen molar-refractivity contribution < 1.29 is 9.18 Å². The van der Waals surface area contributed by atoms with Gasteiger partial charge in [0.25, 0.3) is 5.91 Å². The number of halogens is 1. The van der Waals surface area contributed by atoms with E-state index in [1.54, 1.807) is 46.4 Å². The lowest BCUT2D eigenvalue weighted by atomic mass is 10.2. The van der Waals surface area contributed by atoms with Crippen LogP contribution in [0, 0.1) is 12.7 Å². The molecule has 3 aromatic heterocycles. The Morgan fingerprint density at radius 3 is 2.53 bits per heavy atom. The van der Waals surface area contributed by atoms with E-state index in [2.05, 4.69) is 25.5 Å². The highest BCUT2D eigenvalue weighted by Crippen LogP contribution is 2.18. The van der Waals surface area contributed by atoms with Crippen LogP contribution in [0.25, 0.3) is 16.9 Å². The Balaban J connectivity index is 1.55. The topological polar surface area (TPSA) is 94.6 Å². The zero-order valence-electron chi connectivity index (χ0n) is 18.1. The van der Waals surface area contributed by atoms with Gasteiger partial charge < -0.3 is 4.90 Å². The van der Waals surface area contributed by atoms with E-state index >= 15 is 0 Å². The van der Waals surface area contributed by atoms with Crippen LogP contribution in [0.2, 0.25) is 0 Å². The first-order valence-electron chi connectivity index (χ1n) is 10.3.